The molecule has 33 heavy (non-hydrogen) atoms. The van der Waals surface area contributed by atoms with E-state index in [-0.39, 0.29) is 29.1 Å². The number of carbonyl (C=O) groups excluding carboxylic acids is 1. The number of carbonyl (C=O) groups is 1. The minimum atomic E-state index is -4.73. The minimum absolute atomic E-state index is 0.107. The lowest BCUT2D eigenvalue weighted by Crippen LogP contribution is -2.48. The van der Waals surface area contributed by atoms with Crippen LogP contribution in [0.3, 0.4) is 0 Å². The first-order chi connectivity index (χ1) is 15.7. The Kier molecular flexibility index (Phi) is 6.52. The maximum atomic E-state index is 13.7. The van der Waals surface area contributed by atoms with Gasteiger partial charge in [-0.2, -0.15) is 13.2 Å². The third-order valence-electron chi connectivity index (χ3n) is 4.94. The van der Waals surface area contributed by atoms with Crippen LogP contribution in [0, 0.1) is 5.82 Å². The minimum Gasteiger partial charge on any atom is -0.413 e. The molecule has 0 unspecified atom stereocenters. The summed E-state index contributed by atoms with van der Waals surface area (Å²) in [5.74, 6) is -2.32. The van der Waals surface area contributed by atoms with Crippen molar-refractivity contribution in [3.63, 3.8) is 0 Å². The maximum absolute atomic E-state index is 13.7. The molecular formula is C21H17ClF4N4O3. The fourth-order valence-corrected chi connectivity index (χ4v) is 3.41. The van der Waals surface area contributed by atoms with Gasteiger partial charge >= 0.3 is 18.1 Å². The van der Waals surface area contributed by atoms with Crippen LogP contribution in [0.2, 0.25) is 5.02 Å². The van der Waals surface area contributed by atoms with Gasteiger partial charge in [0.1, 0.15) is 5.82 Å². The maximum Gasteiger partial charge on any atom is 0.470 e. The van der Waals surface area contributed by atoms with E-state index in [0.29, 0.717) is 37.6 Å². The lowest BCUT2D eigenvalue weighted by atomic mass is 10.1. The summed E-state index contributed by atoms with van der Waals surface area (Å²) < 4.78 is 61.7. The number of halogens is 5. The van der Waals surface area contributed by atoms with E-state index in [1.165, 1.54) is 35.2 Å². The lowest BCUT2D eigenvalue weighted by Gasteiger charge is -2.33. The fourth-order valence-electron chi connectivity index (χ4n) is 3.24. The smallest absolute Gasteiger partial charge is 0.413 e. The molecule has 3 aromatic rings. The first-order valence-electron chi connectivity index (χ1n) is 9.81. The van der Waals surface area contributed by atoms with Crippen molar-refractivity contribution < 1.29 is 31.5 Å². The molecule has 0 aliphatic carbocycles. The Labute approximate surface area is 190 Å². The molecule has 0 N–H and O–H groups in total. The Bertz CT molecular complexity index is 1130. The second-order valence-electron chi connectivity index (χ2n) is 7.17. The third kappa shape index (κ3) is 5.25. The predicted molar refractivity (Wildman–Crippen MR) is 110 cm³/mol. The standard InChI is InChI=1S/C21H17ClF4N4O3/c22-16-11-15(5-6-17(16)23)30(20(31)29-7-9-32-10-8-29)12-13-1-3-14(4-2-13)18-27-28-19(33-18)21(24,25)26/h1-6,11H,7-10,12H2. The number of morpholine rings is 1. The molecule has 174 valence electrons. The SMILES string of the molecule is O=C(N1CCOCC1)N(Cc1ccc(-c2nnc(C(F)(F)F)o2)cc1)c1ccc(F)c(Cl)c1. The quantitative estimate of drug-likeness (QED) is 0.487. The zero-order chi connectivity index (χ0) is 23.6. The molecular weight excluding hydrogens is 468 g/mol. The number of nitrogens with zero attached hydrogens (tertiary/aromatic N) is 4. The zero-order valence-electron chi connectivity index (χ0n) is 17.0. The Morgan fingerprint density at radius 3 is 2.39 bits per heavy atom. The molecule has 0 spiro atoms. The van der Waals surface area contributed by atoms with Gasteiger partial charge in [0.25, 0.3) is 0 Å². The van der Waals surface area contributed by atoms with Crippen molar-refractivity contribution in [1.29, 1.82) is 0 Å². The monoisotopic (exact) mass is 484 g/mol. The Morgan fingerprint density at radius 1 is 1.09 bits per heavy atom. The molecule has 1 aromatic heterocycles. The fraction of sp³-hybridized carbons (Fsp3) is 0.286. The largest absolute Gasteiger partial charge is 0.470 e. The molecule has 0 bridgehead atoms. The van der Waals surface area contributed by atoms with Gasteiger partial charge in [0.05, 0.1) is 24.8 Å². The molecule has 2 aromatic carbocycles. The molecule has 7 nitrogen and oxygen atoms in total. The van der Waals surface area contributed by atoms with Crippen LogP contribution in [0.1, 0.15) is 11.5 Å². The van der Waals surface area contributed by atoms with Gasteiger partial charge in [-0.1, -0.05) is 23.7 Å². The summed E-state index contributed by atoms with van der Waals surface area (Å²) in [7, 11) is 0. The number of alkyl halides is 3. The molecule has 4 rings (SSSR count). The molecule has 0 saturated carbocycles. The number of rotatable bonds is 4. The molecule has 2 heterocycles. The van der Waals surface area contributed by atoms with Crippen LogP contribution in [0.5, 0.6) is 0 Å². The lowest BCUT2D eigenvalue weighted by molar-refractivity contribution is -0.156. The number of benzene rings is 2. The normalized spacial score (nSPS) is 14.4. The Balaban J connectivity index is 1.58. The number of amides is 2. The van der Waals surface area contributed by atoms with Crippen LogP contribution >= 0.6 is 11.6 Å². The molecule has 1 fully saturated rings. The van der Waals surface area contributed by atoms with Crippen molar-refractivity contribution in [2.75, 3.05) is 31.2 Å². The first-order valence-corrected chi connectivity index (χ1v) is 10.2. The van der Waals surface area contributed by atoms with Crippen LogP contribution in [0.4, 0.5) is 28.0 Å². The van der Waals surface area contributed by atoms with Crippen molar-refractivity contribution in [2.24, 2.45) is 0 Å². The van der Waals surface area contributed by atoms with Crippen LogP contribution < -0.4 is 4.90 Å². The number of hydrogen-bond donors (Lipinski definition) is 0. The zero-order valence-corrected chi connectivity index (χ0v) is 17.7. The summed E-state index contributed by atoms with van der Waals surface area (Å²) in [5.41, 5.74) is 1.35. The number of anilines is 1. The summed E-state index contributed by atoms with van der Waals surface area (Å²) in [6.07, 6.45) is -4.73. The predicted octanol–water partition coefficient (Wildman–Crippen LogP) is 5.01. The van der Waals surface area contributed by atoms with Crippen LogP contribution in [0.25, 0.3) is 11.5 Å². The van der Waals surface area contributed by atoms with E-state index < -0.39 is 17.9 Å². The highest BCUT2D eigenvalue weighted by Crippen LogP contribution is 2.31. The third-order valence-corrected chi connectivity index (χ3v) is 5.23. The van der Waals surface area contributed by atoms with Crippen LogP contribution in [-0.2, 0) is 17.5 Å². The molecule has 1 saturated heterocycles. The topological polar surface area (TPSA) is 71.7 Å². The summed E-state index contributed by atoms with van der Waals surface area (Å²) in [6, 6.07) is 9.95. The summed E-state index contributed by atoms with van der Waals surface area (Å²) in [5, 5.41) is 6.31. The van der Waals surface area contributed by atoms with E-state index in [9.17, 15) is 22.4 Å². The number of ether oxygens (including phenoxy) is 1. The number of aromatic nitrogens is 2. The molecule has 0 atom stereocenters. The molecule has 2 amide bonds. The van der Waals surface area contributed by atoms with Gasteiger partial charge in [0.2, 0.25) is 5.89 Å². The van der Waals surface area contributed by atoms with Crippen molar-refractivity contribution >= 4 is 23.3 Å². The van der Waals surface area contributed by atoms with Gasteiger partial charge in [-0.15, -0.1) is 10.2 Å². The number of hydrogen-bond acceptors (Lipinski definition) is 5. The first kappa shape index (κ1) is 23.0. The van der Waals surface area contributed by atoms with Crippen molar-refractivity contribution in [2.45, 2.75) is 12.7 Å². The van der Waals surface area contributed by atoms with Gasteiger partial charge in [-0.3, -0.25) is 4.90 Å². The Hall–Kier alpha value is -3.18. The Morgan fingerprint density at radius 2 is 1.79 bits per heavy atom. The summed E-state index contributed by atoms with van der Waals surface area (Å²) >= 11 is 5.92. The highest BCUT2D eigenvalue weighted by Gasteiger charge is 2.38. The second-order valence-corrected chi connectivity index (χ2v) is 7.58. The van der Waals surface area contributed by atoms with Crippen molar-refractivity contribution in [3.05, 3.63) is 64.8 Å². The van der Waals surface area contributed by atoms with Crippen LogP contribution in [0.15, 0.2) is 46.9 Å². The van der Waals surface area contributed by atoms with E-state index in [1.54, 1.807) is 17.0 Å². The molecule has 1 aliphatic rings. The molecule has 12 heteroatoms. The van der Waals surface area contributed by atoms with Gasteiger partial charge in [0.15, 0.2) is 0 Å². The van der Waals surface area contributed by atoms with E-state index in [0.717, 1.165) is 0 Å². The van der Waals surface area contributed by atoms with E-state index >= 15 is 0 Å². The second kappa shape index (κ2) is 9.36. The average molecular weight is 485 g/mol. The van der Waals surface area contributed by atoms with Gasteiger partial charge in [-0.05, 0) is 35.9 Å². The number of urea groups is 1. The van der Waals surface area contributed by atoms with Crippen LogP contribution in [-0.4, -0.2) is 47.4 Å². The van der Waals surface area contributed by atoms with E-state index in [1.807, 2.05) is 0 Å². The van der Waals surface area contributed by atoms with E-state index in [2.05, 4.69) is 14.6 Å². The van der Waals surface area contributed by atoms with Gasteiger partial charge in [-0.25, -0.2) is 9.18 Å². The molecule has 0 radical (unpaired) electrons. The molecule has 1 aliphatic heterocycles. The summed E-state index contributed by atoms with van der Waals surface area (Å²) in [6.45, 7) is 1.73. The highest BCUT2D eigenvalue weighted by molar-refractivity contribution is 6.31. The van der Waals surface area contributed by atoms with Crippen molar-refractivity contribution in [3.8, 4) is 11.5 Å². The van der Waals surface area contributed by atoms with Gasteiger partial charge < -0.3 is 14.1 Å². The summed E-state index contributed by atoms with van der Waals surface area (Å²) in [4.78, 5) is 16.3. The highest BCUT2D eigenvalue weighted by atomic mass is 35.5. The van der Waals surface area contributed by atoms with E-state index in [4.69, 9.17) is 16.3 Å². The van der Waals surface area contributed by atoms with Gasteiger partial charge in [0, 0.05) is 24.3 Å². The van der Waals surface area contributed by atoms with Crippen molar-refractivity contribution in [1.82, 2.24) is 15.1 Å². The average Bonchev–Trinajstić information content (AvgIpc) is 3.31.